The van der Waals surface area contributed by atoms with Crippen LogP contribution in [0.3, 0.4) is 0 Å². The van der Waals surface area contributed by atoms with Crippen molar-refractivity contribution in [2.75, 3.05) is 33.9 Å². The van der Waals surface area contributed by atoms with Gasteiger partial charge in [-0.1, -0.05) is 6.42 Å². The van der Waals surface area contributed by atoms with Crippen molar-refractivity contribution in [3.05, 3.63) is 53.6 Å². The number of hydrogen-bond donors (Lipinski definition) is 0. The third-order valence-electron chi connectivity index (χ3n) is 5.08. The Labute approximate surface area is 181 Å². The molecule has 0 atom stereocenters. The quantitative estimate of drug-likeness (QED) is 0.453. The van der Waals surface area contributed by atoms with E-state index in [-0.39, 0.29) is 16.0 Å². The molecule has 0 aromatic heterocycles. The normalized spacial score (nSPS) is 14.6. The average molecular weight is 448 g/mol. The van der Waals surface area contributed by atoms with Crippen molar-refractivity contribution in [1.82, 2.24) is 4.31 Å². The van der Waals surface area contributed by atoms with Crippen LogP contribution in [0.15, 0.2) is 47.4 Å². The number of methoxy groups -OCH3 is 2. The summed E-state index contributed by atoms with van der Waals surface area (Å²) in [7, 11) is -0.667. The number of rotatable bonds is 8. The van der Waals surface area contributed by atoms with Gasteiger partial charge in [0.25, 0.3) is 0 Å². The van der Waals surface area contributed by atoms with Gasteiger partial charge in [-0.2, -0.15) is 4.31 Å². The molecule has 0 saturated carbocycles. The van der Waals surface area contributed by atoms with E-state index in [1.807, 2.05) is 0 Å². The molecule has 31 heavy (non-hydrogen) atoms. The summed E-state index contributed by atoms with van der Waals surface area (Å²) in [4.78, 5) is 24.9. The Balaban J connectivity index is 1.65. The van der Waals surface area contributed by atoms with Crippen molar-refractivity contribution in [2.45, 2.75) is 24.2 Å². The van der Waals surface area contributed by atoms with Crippen molar-refractivity contribution in [3.8, 4) is 11.5 Å². The molecule has 0 radical (unpaired) electrons. The second-order valence-electron chi connectivity index (χ2n) is 7.05. The number of sulfonamides is 1. The highest BCUT2D eigenvalue weighted by molar-refractivity contribution is 7.89. The maximum Gasteiger partial charge on any atom is 0.338 e. The van der Waals surface area contributed by atoms with E-state index in [9.17, 15) is 18.0 Å². The summed E-state index contributed by atoms with van der Waals surface area (Å²) in [6, 6.07) is 10.3. The Morgan fingerprint density at radius 1 is 0.935 bits per heavy atom. The first-order valence-corrected chi connectivity index (χ1v) is 11.3. The van der Waals surface area contributed by atoms with Crippen LogP contribution < -0.4 is 9.47 Å². The van der Waals surface area contributed by atoms with Gasteiger partial charge in [0.2, 0.25) is 15.8 Å². The van der Waals surface area contributed by atoms with Gasteiger partial charge >= 0.3 is 5.97 Å². The molecule has 1 aliphatic heterocycles. The van der Waals surface area contributed by atoms with Gasteiger partial charge < -0.3 is 14.2 Å². The predicted molar refractivity (Wildman–Crippen MR) is 113 cm³/mol. The molecule has 0 N–H and O–H groups in total. The molecule has 1 fully saturated rings. The third kappa shape index (κ3) is 5.23. The zero-order valence-electron chi connectivity index (χ0n) is 17.5. The van der Waals surface area contributed by atoms with Crippen molar-refractivity contribution in [1.29, 1.82) is 0 Å². The number of hydrogen-bond acceptors (Lipinski definition) is 7. The van der Waals surface area contributed by atoms with Gasteiger partial charge in [0.15, 0.2) is 6.61 Å². The molecule has 0 unspecified atom stereocenters. The molecular weight excluding hydrogens is 422 g/mol. The van der Waals surface area contributed by atoms with Gasteiger partial charge in [0.1, 0.15) is 11.5 Å². The lowest BCUT2D eigenvalue weighted by Crippen LogP contribution is -2.35. The van der Waals surface area contributed by atoms with Crippen LogP contribution in [0.1, 0.15) is 40.0 Å². The minimum absolute atomic E-state index is 0.128. The summed E-state index contributed by atoms with van der Waals surface area (Å²) in [5.41, 5.74) is 0.389. The SMILES string of the molecule is COc1ccc(OC)c(C(=O)COC(=O)c2ccc(S(=O)(=O)N3CCCCC3)cc2)c1. The van der Waals surface area contributed by atoms with Crippen LogP contribution in [-0.4, -0.2) is 58.4 Å². The summed E-state index contributed by atoms with van der Waals surface area (Å²) in [6.07, 6.45) is 2.71. The van der Waals surface area contributed by atoms with Crippen molar-refractivity contribution in [3.63, 3.8) is 0 Å². The molecule has 1 aliphatic rings. The molecule has 3 rings (SSSR count). The van der Waals surface area contributed by atoms with Gasteiger partial charge in [0, 0.05) is 13.1 Å². The summed E-state index contributed by atoms with van der Waals surface area (Å²) in [5, 5.41) is 0. The summed E-state index contributed by atoms with van der Waals surface area (Å²) in [5.74, 6) is -0.361. The number of esters is 1. The number of ketones is 1. The lowest BCUT2D eigenvalue weighted by atomic mass is 10.1. The summed E-state index contributed by atoms with van der Waals surface area (Å²) < 4.78 is 42.3. The van der Waals surface area contributed by atoms with Crippen LogP contribution in [-0.2, 0) is 14.8 Å². The number of nitrogens with zero attached hydrogens (tertiary/aromatic N) is 1. The Morgan fingerprint density at radius 2 is 1.61 bits per heavy atom. The van der Waals surface area contributed by atoms with Crippen molar-refractivity contribution >= 4 is 21.8 Å². The number of carbonyl (C=O) groups is 2. The molecule has 9 heteroatoms. The van der Waals surface area contributed by atoms with Gasteiger partial charge in [-0.3, -0.25) is 4.79 Å². The zero-order valence-corrected chi connectivity index (χ0v) is 18.3. The minimum atomic E-state index is -3.58. The van der Waals surface area contributed by atoms with E-state index in [4.69, 9.17) is 14.2 Å². The van der Waals surface area contributed by atoms with Gasteiger partial charge in [-0.25, -0.2) is 13.2 Å². The van der Waals surface area contributed by atoms with Crippen LogP contribution in [0.2, 0.25) is 0 Å². The molecule has 2 aromatic carbocycles. The Kier molecular flexibility index (Phi) is 7.29. The number of ether oxygens (including phenoxy) is 3. The molecule has 0 amide bonds. The first-order chi connectivity index (χ1) is 14.9. The van der Waals surface area contributed by atoms with Crippen LogP contribution in [0.5, 0.6) is 11.5 Å². The fraction of sp³-hybridized carbons (Fsp3) is 0.364. The zero-order chi connectivity index (χ0) is 22.4. The minimum Gasteiger partial charge on any atom is -0.497 e. The molecule has 0 aliphatic carbocycles. The maximum absolute atomic E-state index is 12.7. The number of benzene rings is 2. The monoisotopic (exact) mass is 447 g/mol. The molecule has 2 aromatic rings. The second kappa shape index (κ2) is 9.93. The lowest BCUT2D eigenvalue weighted by molar-refractivity contribution is 0.0474. The highest BCUT2D eigenvalue weighted by atomic mass is 32.2. The topological polar surface area (TPSA) is 99.2 Å². The number of Topliss-reactive ketones (excluding diaryl/α,β-unsaturated/α-hetero) is 1. The molecule has 0 spiro atoms. The van der Waals surface area contributed by atoms with E-state index in [0.717, 1.165) is 19.3 Å². The molecule has 0 bridgehead atoms. The molecule has 1 saturated heterocycles. The first kappa shape index (κ1) is 22.8. The maximum atomic E-state index is 12.7. The van der Waals surface area contributed by atoms with E-state index in [2.05, 4.69) is 0 Å². The number of piperidine rings is 1. The standard InChI is InChI=1S/C22H25NO7S/c1-28-17-8-11-21(29-2)19(14-17)20(24)15-30-22(25)16-6-9-18(10-7-16)31(26,27)23-12-4-3-5-13-23/h6-11,14H,3-5,12-13,15H2,1-2H3. The Bertz CT molecular complexity index is 1040. The van der Waals surface area contributed by atoms with E-state index in [1.54, 1.807) is 12.1 Å². The Morgan fingerprint density at radius 3 is 2.23 bits per heavy atom. The lowest BCUT2D eigenvalue weighted by Gasteiger charge is -2.25. The van der Waals surface area contributed by atoms with Crippen LogP contribution in [0.25, 0.3) is 0 Å². The number of carbonyl (C=O) groups excluding carboxylic acids is 2. The summed E-state index contributed by atoms with van der Waals surface area (Å²) in [6.45, 7) is 0.514. The largest absolute Gasteiger partial charge is 0.497 e. The average Bonchev–Trinajstić information content (AvgIpc) is 2.82. The molecule has 1 heterocycles. The van der Waals surface area contributed by atoms with E-state index < -0.39 is 28.4 Å². The second-order valence-corrected chi connectivity index (χ2v) is 8.99. The van der Waals surface area contributed by atoms with Crippen molar-refractivity contribution in [2.24, 2.45) is 0 Å². The van der Waals surface area contributed by atoms with Crippen molar-refractivity contribution < 1.29 is 32.2 Å². The van der Waals surface area contributed by atoms with Crippen LogP contribution >= 0.6 is 0 Å². The van der Waals surface area contributed by atoms with E-state index >= 15 is 0 Å². The third-order valence-corrected chi connectivity index (χ3v) is 7.00. The molecular formula is C22H25NO7S. The van der Waals surface area contributed by atoms with Gasteiger partial charge in [0.05, 0.1) is 30.2 Å². The highest BCUT2D eigenvalue weighted by Gasteiger charge is 2.26. The highest BCUT2D eigenvalue weighted by Crippen LogP contribution is 2.25. The van der Waals surface area contributed by atoms with E-state index in [0.29, 0.717) is 24.6 Å². The molecule has 166 valence electrons. The predicted octanol–water partition coefficient (Wildman–Crippen LogP) is 2.92. The fourth-order valence-electron chi connectivity index (χ4n) is 3.34. The van der Waals surface area contributed by atoms with Gasteiger partial charge in [-0.05, 0) is 55.3 Å². The van der Waals surface area contributed by atoms with Crippen LogP contribution in [0, 0.1) is 0 Å². The van der Waals surface area contributed by atoms with E-state index in [1.165, 1.54) is 48.9 Å². The smallest absolute Gasteiger partial charge is 0.338 e. The Hall–Kier alpha value is -2.91. The summed E-state index contributed by atoms with van der Waals surface area (Å²) >= 11 is 0. The fourth-order valence-corrected chi connectivity index (χ4v) is 4.86. The first-order valence-electron chi connectivity index (χ1n) is 9.89. The molecule has 8 nitrogen and oxygen atoms in total. The van der Waals surface area contributed by atoms with Gasteiger partial charge in [-0.15, -0.1) is 0 Å². The van der Waals surface area contributed by atoms with Crippen LogP contribution in [0.4, 0.5) is 0 Å².